The van der Waals surface area contributed by atoms with E-state index in [9.17, 15) is 4.80 Å². The molecule has 0 fully saturated rings. The molecule has 0 bridgehead atoms. The minimum absolute atomic E-state index is 1.03. The number of hydrogen-bond donors (Lipinski definition) is 1. The number of rotatable bonds is 2. The summed E-state index contributed by atoms with van der Waals surface area (Å²) in [5.74, 6) is 0. The number of hydrogen-bond acceptors (Lipinski definition) is 1. The maximum absolute atomic E-state index is 9.22. The Hall–Kier alpha value is 0.394. The maximum Gasteiger partial charge on any atom is 0.161 e. The van der Waals surface area contributed by atoms with E-state index in [2.05, 4.69) is 6.92 Å². The van der Waals surface area contributed by atoms with Gasteiger partial charge in [0, 0.05) is 9.76 Å². The molecule has 0 rings (SSSR count). The first-order valence-corrected chi connectivity index (χ1v) is 8.94. The second-order valence-electron chi connectivity index (χ2n) is 2.56. The van der Waals surface area contributed by atoms with Crippen molar-refractivity contribution in [2.45, 2.75) is 25.9 Å². The van der Waals surface area contributed by atoms with Crippen LogP contribution in [0.1, 0.15) is 13.3 Å². The Labute approximate surface area is 49.1 Å². The second kappa shape index (κ2) is 2.64. The van der Waals surface area contributed by atoms with Crippen LogP contribution in [0.4, 0.5) is 0 Å². The summed E-state index contributed by atoms with van der Waals surface area (Å²) in [5.41, 5.74) is 0. The average Bonchev–Trinajstić information content (AvgIpc) is 1.30. The molecular weight excluding hydrogens is 120 g/mol. The van der Waals surface area contributed by atoms with Crippen molar-refractivity contribution in [3.63, 3.8) is 0 Å². The van der Waals surface area contributed by atoms with Crippen LogP contribution in [0.2, 0.25) is 12.6 Å². The molecule has 0 aliphatic heterocycles. The van der Waals surface area contributed by atoms with Gasteiger partial charge in [-0.25, -0.2) is 0 Å². The predicted octanol–water partition coefficient (Wildman–Crippen LogP) is -0.174. The molecule has 0 aliphatic carbocycles. The normalized spacial score (nSPS) is 19.3. The molecule has 1 unspecified atom stereocenters. The van der Waals surface area contributed by atoms with Gasteiger partial charge in [0.25, 0.3) is 0 Å². The first-order valence-electron chi connectivity index (χ1n) is 2.78. The van der Waals surface area contributed by atoms with Gasteiger partial charge in [-0.2, -0.15) is 0 Å². The van der Waals surface area contributed by atoms with Gasteiger partial charge in [-0.3, -0.25) is 0 Å². The molecule has 7 heavy (non-hydrogen) atoms. The van der Waals surface area contributed by atoms with Gasteiger partial charge in [-0.15, -0.1) is 0 Å². The van der Waals surface area contributed by atoms with Crippen LogP contribution in [0.25, 0.3) is 0 Å². The Bertz CT molecular complexity index is 48.1. The molecule has 0 aliphatic rings. The maximum atomic E-state index is 9.22. The van der Waals surface area contributed by atoms with Crippen molar-refractivity contribution in [1.29, 1.82) is 0 Å². The van der Waals surface area contributed by atoms with E-state index in [1.54, 1.807) is 0 Å². The Morgan fingerprint density at radius 2 is 2.14 bits per heavy atom. The van der Waals surface area contributed by atoms with E-state index < -0.39 is 7.83 Å². The molecule has 44 valence electrons. The quantitative estimate of drug-likeness (QED) is 0.520. The van der Waals surface area contributed by atoms with Crippen LogP contribution in [0, 0.1) is 0 Å². The zero-order chi connectivity index (χ0) is 5.91. The molecule has 1 nitrogen and oxygen atoms in total. The molecule has 0 amide bonds. The van der Waals surface area contributed by atoms with Gasteiger partial charge in [0.1, 0.15) is 0 Å². The zero-order valence-corrected chi connectivity index (χ0v) is 8.36. The summed E-state index contributed by atoms with van der Waals surface area (Å²) < 4.78 is 0. The van der Waals surface area contributed by atoms with Crippen molar-refractivity contribution in [2.75, 3.05) is 0 Å². The Balaban J connectivity index is 3.15. The summed E-state index contributed by atoms with van der Waals surface area (Å²) in [6, 6.07) is 1.10. The summed E-state index contributed by atoms with van der Waals surface area (Å²) in [4.78, 5) is 9.22. The molecule has 3 heteroatoms. The third-order valence-electron chi connectivity index (χ3n) is 0.862. The van der Waals surface area contributed by atoms with Crippen molar-refractivity contribution in [2.24, 2.45) is 0 Å². The Kier molecular flexibility index (Phi) is 2.79. The van der Waals surface area contributed by atoms with Crippen molar-refractivity contribution in [3.8, 4) is 0 Å². The summed E-state index contributed by atoms with van der Waals surface area (Å²) in [5, 5.41) is 0. The topological polar surface area (TPSA) is 20.2 Å². The van der Waals surface area contributed by atoms with Crippen LogP contribution in [0.5, 0.6) is 0 Å². The van der Waals surface area contributed by atoms with Crippen LogP contribution >= 0.6 is 0 Å². The van der Waals surface area contributed by atoms with Crippen LogP contribution in [-0.4, -0.2) is 22.4 Å². The fourth-order valence-corrected chi connectivity index (χ4v) is 3.34. The zero-order valence-electron chi connectivity index (χ0n) is 5.36. The van der Waals surface area contributed by atoms with E-state index in [0.29, 0.717) is 0 Å². The Morgan fingerprint density at radius 3 is 2.14 bits per heavy atom. The van der Waals surface area contributed by atoms with E-state index >= 15 is 0 Å². The van der Waals surface area contributed by atoms with Crippen molar-refractivity contribution in [3.05, 3.63) is 0 Å². The fraction of sp³-hybridized carbons (Fsp3) is 1.00. The van der Waals surface area contributed by atoms with Crippen molar-refractivity contribution in [1.82, 2.24) is 0 Å². The third-order valence-corrected chi connectivity index (χ3v) is 4.09. The van der Waals surface area contributed by atoms with Gasteiger partial charge >= 0.3 is 0 Å². The molecule has 0 spiro atoms. The van der Waals surface area contributed by atoms with Gasteiger partial charge < -0.3 is 4.80 Å². The SMILES string of the molecule is CCC[Si](C)(O)[SiH3]. The monoisotopic (exact) mass is 134 g/mol. The lowest BCUT2D eigenvalue weighted by Gasteiger charge is -2.10. The molecule has 1 atom stereocenters. The van der Waals surface area contributed by atoms with E-state index in [4.69, 9.17) is 0 Å². The molecule has 0 aromatic carbocycles. The highest BCUT2D eigenvalue weighted by Gasteiger charge is 2.13. The summed E-state index contributed by atoms with van der Waals surface area (Å²) in [6.07, 6.45) is 1.16. The minimum atomic E-state index is -1.52. The molecule has 0 aromatic heterocycles. The van der Waals surface area contributed by atoms with Gasteiger partial charge in [0.2, 0.25) is 0 Å². The first kappa shape index (κ1) is 7.39. The van der Waals surface area contributed by atoms with Crippen LogP contribution in [-0.2, 0) is 0 Å². The molecule has 0 radical (unpaired) electrons. The van der Waals surface area contributed by atoms with E-state index in [0.717, 1.165) is 22.2 Å². The highest BCUT2D eigenvalue weighted by molar-refractivity contribution is 7.11. The Morgan fingerprint density at radius 1 is 1.71 bits per heavy atom. The average molecular weight is 134 g/mol. The van der Waals surface area contributed by atoms with Gasteiger partial charge in [0.15, 0.2) is 7.83 Å². The van der Waals surface area contributed by atoms with Gasteiger partial charge in [-0.05, 0) is 12.6 Å². The summed E-state index contributed by atoms with van der Waals surface area (Å²) in [6.45, 7) is 4.15. The van der Waals surface area contributed by atoms with Crippen LogP contribution < -0.4 is 0 Å². The first-order chi connectivity index (χ1) is 3.06. The minimum Gasteiger partial charge on any atom is -0.436 e. The van der Waals surface area contributed by atoms with Gasteiger partial charge in [-0.1, -0.05) is 13.3 Å². The molecule has 1 N–H and O–H groups in total. The molecule has 0 saturated carbocycles. The summed E-state index contributed by atoms with van der Waals surface area (Å²) in [7, 11) is -0.486. The molecule has 0 heterocycles. The largest absolute Gasteiger partial charge is 0.436 e. The highest BCUT2D eigenvalue weighted by atomic mass is 29.2. The molecular formula is C4H14OSi2. The van der Waals surface area contributed by atoms with Gasteiger partial charge in [0.05, 0.1) is 0 Å². The van der Waals surface area contributed by atoms with Crippen LogP contribution in [0.3, 0.4) is 0 Å². The van der Waals surface area contributed by atoms with E-state index in [1.807, 2.05) is 6.55 Å². The smallest absolute Gasteiger partial charge is 0.161 e. The standard InChI is InChI=1S/C4H14OSi2/c1-3-4-7(2,5)6/h5H,3-4H2,1-2,6H3. The lowest BCUT2D eigenvalue weighted by molar-refractivity contribution is 0.563. The van der Waals surface area contributed by atoms with Crippen molar-refractivity contribution < 1.29 is 4.80 Å². The molecule has 0 aromatic rings. The van der Waals surface area contributed by atoms with Crippen LogP contribution in [0.15, 0.2) is 0 Å². The fourth-order valence-electron chi connectivity index (χ4n) is 0.612. The predicted molar refractivity (Wildman–Crippen MR) is 38.9 cm³/mol. The lowest BCUT2D eigenvalue weighted by Crippen LogP contribution is -2.29. The van der Waals surface area contributed by atoms with E-state index in [-0.39, 0.29) is 0 Å². The summed E-state index contributed by atoms with van der Waals surface area (Å²) >= 11 is 0. The van der Waals surface area contributed by atoms with E-state index in [1.165, 1.54) is 0 Å². The third kappa shape index (κ3) is 6.39. The molecule has 0 saturated heterocycles. The second-order valence-corrected chi connectivity index (χ2v) is 13.2. The highest BCUT2D eigenvalue weighted by Crippen LogP contribution is 2.01. The lowest BCUT2D eigenvalue weighted by atomic mass is 10.6. The van der Waals surface area contributed by atoms with Crippen molar-refractivity contribution >= 4 is 17.6 Å².